The van der Waals surface area contributed by atoms with Crippen LogP contribution in [0.2, 0.25) is 0 Å². The first-order valence-electron chi connectivity index (χ1n) is 10.3. The maximum Gasteiger partial charge on any atom is -0.0255 e. The summed E-state index contributed by atoms with van der Waals surface area (Å²) in [7, 11) is 0.934. The molecular weight excluding hydrogens is 375 g/mol. The molecule has 1 atom stereocenters. The van der Waals surface area contributed by atoms with Crippen molar-refractivity contribution in [3.63, 3.8) is 0 Å². The zero-order valence-corrected chi connectivity index (χ0v) is 18.4. The predicted octanol–water partition coefficient (Wildman–Crippen LogP) is 8.46. The Hall–Kier alpha value is 0.130. The quantitative estimate of drug-likeness (QED) is 0.188. The maximum absolute atomic E-state index is 3.53. The van der Waals surface area contributed by atoms with Crippen molar-refractivity contribution in [2.75, 3.05) is 6.16 Å². The highest BCUT2D eigenvalue weighted by atomic mass is 79.9. The topological polar surface area (TPSA) is 0 Å². The molecule has 0 saturated heterocycles. The minimum atomic E-state index is 0.934. The molecule has 0 fully saturated rings. The van der Waals surface area contributed by atoms with Gasteiger partial charge in [-0.3, -0.25) is 0 Å². The third-order valence-corrected chi connectivity index (χ3v) is 6.56. The fourth-order valence-corrected chi connectivity index (χ4v) is 4.43. The van der Waals surface area contributed by atoms with E-state index in [0.717, 1.165) is 7.28 Å². The fourth-order valence-electron chi connectivity index (χ4n) is 3.21. The molecule has 2 heteroatoms. The molecular formula is C22H38BrP. The first-order valence-corrected chi connectivity index (χ1v) is 13.7. The van der Waals surface area contributed by atoms with Crippen LogP contribution in [0.4, 0.5) is 0 Å². The number of hydrogen-bond acceptors (Lipinski definition) is 0. The monoisotopic (exact) mass is 412 g/mol. The number of benzene rings is 1. The van der Waals surface area contributed by atoms with Gasteiger partial charge in [-0.05, 0) is 49.4 Å². The first kappa shape index (κ1) is 22.2. The lowest BCUT2D eigenvalue weighted by Crippen LogP contribution is -1.90. The van der Waals surface area contributed by atoms with Gasteiger partial charge in [-0.25, -0.2) is 0 Å². The molecule has 0 N–H and O–H groups in total. The summed E-state index contributed by atoms with van der Waals surface area (Å²) in [5.41, 5.74) is 3.04. The van der Waals surface area contributed by atoms with Gasteiger partial charge < -0.3 is 0 Å². The molecule has 0 amide bonds. The van der Waals surface area contributed by atoms with Crippen molar-refractivity contribution in [1.29, 1.82) is 0 Å². The van der Waals surface area contributed by atoms with Crippen molar-refractivity contribution in [2.45, 2.75) is 96.8 Å². The molecule has 0 radical (unpaired) electrons. The molecule has 1 aromatic rings. The maximum atomic E-state index is 3.53. The molecule has 0 aromatic heterocycles. The summed E-state index contributed by atoms with van der Waals surface area (Å²) in [4.78, 5) is 0. The van der Waals surface area contributed by atoms with E-state index in [4.69, 9.17) is 0 Å². The normalized spacial score (nSPS) is 11.6. The SMILES string of the molecule is CCCCCCCCCCCCc1ccc(CCCCPBr)cc1. The van der Waals surface area contributed by atoms with Gasteiger partial charge in [0.05, 0.1) is 0 Å². The minimum absolute atomic E-state index is 0.934. The molecule has 0 saturated carbocycles. The Bertz CT molecular complexity index is 374. The Morgan fingerprint density at radius 1 is 0.625 bits per heavy atom. The van der Waals surface area contributed by atoms with Gasteiger partial charge in [-0.2, -0.15) is 0 Å². The Balaban J connectivity index is 1.97. The molecule has 1 unspecified atom stereocenters. The summed E-state index contributed by atoms with van der Waals surface area (Å²) in [6.45, 7) is 2.29. The van der Waals surface area contributed by atoms with E-state index in [2.05, 4.69) is 46.7 Å². The van der Waals surface area contributed by atoms with Crippen LogP contribution in [-0.2, 0) is 12.8 Å². The number of unbranched alkanes of at least 4 members (excludes halogenated alkanes) is 10. The third kappa shape index (κ3) is 12.5. The van der Waals surface area contributed by atoms with E-state index in [1.165, 1.54) is 107 Å². The summed E-state index contributed by atoms with van der Waals surface area (Å²) in [6, 6.07) is 9.41. The highest BCUT2D eigenvalue weighted by Crippen LogP contribution is 2.21. The molecule has 0 bridgehead atoms. The van der Waals surface area contributed by atoms with E-state index in [1.807, 2.05) is 0 Å². The van der Waals surface area contributed by atoms with Crippen LogP contribution in [0, 0.1) is 0 Å². The molecule has 1 aromatic carbocycles. The van der Waals surface area contributed by atoms with Crippen LogP contribution in [0.5, 0.6) is 0 Å². The standard InChI is InChI=1S/C22H38BrP/c1-2-3-4-5-6-7-8-9-10-11-14-21-16-18-22(19-17-21)15-12-13-20-24-23/h16-19,24H,2-15,20H2,1H3. The first-order chi connectivity index (χ1) is 11.9. The highest BCUT2D eigenvalue weighted by Gasteiger charge is 1.97. The number of hydrogen-bond donors (Lipinski definition) is 0. The average molecular weight is 413 g/mol. The molecule has 0 heterocycles. The van der Waals surface area contributed by atoms with Crippen molar-refractivity contribution in [2.24, 2.45) is 0 Å². The van der Waals surface area contributed by atoms with E-state index >= 15 is 0 Å². The second kappa shape index (κ2) is 16.6. The lowest BCUT2D eigenvalue weighted by Gasteiger charge is -2.05. The largest absolute Gasteiger partial charge is 0.0654 e. The Morgan fingerprint density at radius 2 is 1.04 bits per heavy atom. The molecule has 0 aliphatic rings. The highest BCUT2D eigenvalue weighted by molar-refractivity contribution is 9.36. The van der Waals surface area contributed by atoms with Crippen molar-refractivity contribution >= 4 is 22.8 Å². The summed E-state index contributed by atoms with van der Waals surface area (Å²) in [5.74, 6) is 0. The molecule has 24 heavy (non-hydrogen) atoms. The number of halogens is 1. The number of rotatable bonds is 16. The van der Waals surface area contributed by atoms with Gasteiger partial charge in [0, 0.05) is 0 Å². The van der Waals surface area contributed by atoms with Crippen LogP contribution >= 0.6 is 22.8 Å². The smallest absolute Gasteiger partial charge is 0.0255 e. The van der Waals surface area contributed by atoms with E-state index in [1.54, 1.807) is 0 Å². The van der Waals surface area contributed by atoms with Crippen molar-refractivity contribution in [3.05, 3.63) is 35.4 Å². The second-order valence-electron chi connectivity index (χ2n) is 7.09. The van der Waals surface area contributed by atoms with Gasteiger partial charge in [-0.1, -0.05) is 112 Å². The molecule has 0 spiro atoms. The van der Waals surface area contributed by atoms with Crippen LogP contribution in [0.25, 0.3) is 0 Å². The summed E-state index contributed by atoms with van der Waals surface area (Å²) in [5, 5.41) is 0. The van der Waals surface area contributed by atoms with Crippen LogP contribution in [0.15, 0.2) is 24.3 Å². The third-order valence-electron chi connectivity index (χ3n) is 4.83. The lowest BCUT2D eigenvalue weighted by molar-refractivity contribution is 0.556. The van der Waals surface area contributed by atoms with Gasteiger partial charge in [-0.15, -0.1) is 0 Å². The molecule has 0 nitrogen and oxygen atoms in total. The van der Waals surface area contributed by atoms with E-state index in [-0.39, 0.29) is 0 Å². The van der Waals surface area contributed by atoms with Gasteiger partial charge in [0.15, 0.2) is 0 Å². The molecule has 138 valence electrons. The van der Waals surface area contributed by atoms with Gasteiger partial charge in [0.25, 0.3) is 0 Å². The van der Waals surface area contributed by atoms with Crippen LogP contribution in [-0.4, -0.2) is 6.16 Å². The molecule has 1 rings (SSSR count). The fraction of sp³-hybridized carbons (Fsp3) is 0.727. The zero-order valence-electron chi connectivity index (χ0n) is 15.8. The summed E-state index contributed by atoms with van der Waals surface area (Å²) >= 11 is 3.53. The van der Waals surface area contributed by atoms with E-state index in [0.29, 0.717) is 0 Å². The predicted molar refractivity (Wildman–Crippen MR) is 117 cm³/mol. The van der Waals surface area contributed by atoms with Crippen molar-refractivity contribution in [3.8, 4) is 0 Å². The second-order valence-corrected chi connectivity index (χ2v) is 9.54. The summed E-state index contributed by atoms with van der Waals surface area (Å²) in [6.07, 6.45) is 20.8. The minimum Gasteiger partial charge on any atom is -0.0654 e. The van der Waals surface area contributed by atoms with Crippen LogP contribution in [0.1, 0.15) is 95.1 Å². The van der Waals surface area contributed by atoms with Crippen molar-refractivity contribution < 1.29 is 0 Å². The lowest BCUT2D eigenvalue weighted by atomic mass is 10.0. The van der Waals surface area contributed by atoms with Crippen molar-refractivity contribution in [1.82, 2.24) is 0 Å². The average Bonchev–Trinajstić information content (AvgIpc) is 2.61. The summed E-state index contributed by atoms with van der Waals surface area (Å²) < 4.78 is 0. The number of aryl methyl sites for hydroxylation is 2. The van der Waals surface area contributed by atoms with Gasteiger partial charge in [0.2, 0.25) is 0 Å². The molecule has 0 aliphatic carbocycles. The zero-order chi connectivity index (χ0) is 17.3. The Morgan fingerprint density at radius 3 is 1.50 bits per heavy atom. The van der Waals surface area contributed by atoms with E-state index < -0.39 is 0 Å². The van der Waals surface area contributed by atoms with Gasteiger partial charge in [0.1, 0.15) is 0 Å². The Kier molecular flexibility index (Phi) is 15.3. The van der Waals surface area contributed by atoms with Gasteiger partial charge >= 0.3 is 0 Å². The Labute approximate surface area is 161 Å². The van der Waals surface area contributed by atoms with E-state index in [9.17, 15) is 0 Å². The molecule has 0 aliphatic heterocycles. The van der Waals surface area contributed by atoms with Crippen LogP contribution < -0.4 is 0 Å². The van der Waals surface area contributed by atoms with Crippen LogP contribution in [0.3, 0.4) is 0 Å².